The van der Waals surface area contributed by atoms with E-state index in [-0.39, 0.29) is 31.3 Å². The molecular weight excluding hydrogens is 368 g/mol. The fourth-order valence-electron chi connectivity index (χ4n) is 3.07. The molecule has 0 saturated carbocycles. The molecule has 2 aromatic rings. The number of benzene rings is 2. The molecule has 1 amide bonds. The predicted octanol–water partition coefficient (Wildman–Crippen LogP) is 2.32. The third-order valence-corrected chi connectivity index (χ3v) is 4.47. The first kappa shape index (κ1) is 22.3. The van der Waals surface area contributed by atoms with Gasteiger partial charge in [-0.1, -0.05) is 60.7 Å². The third kappa shape index (κ3) is 9.67. The maximum atomic E-state index is 12.2. The van der Waals surface area contributed by atoms with E-state index in [0.29, 0.717) is 25.8 Å². The van der Waals surface area contributed by atoms with Crippen molar-refractivity contribution in [3.05, 3.63) is 71.8 Å². The molecule has 0 aliphatic rings. The molecule has 0 unspecified atom stereocenters. The van der Waals surface area contributed by atoms with Crippen LogP contribution < -0.4 is 5.32 Å². The zero-order valence-corrected chi connectivity index (χ0v) is 16.5. The number of ketones is 1. The molecule has 0 aromatic heterocycles. The van der Waals surface area contributed by atoms with Gasteiger partial charge in [-0.15, -0.1) is 0 Å². The fourth-order valence-corrected chi connectivity index (χ4v) is 3.07. The number of aryl methyl sites for hydroxylation is 1. The number of aliphatic carboxylic acids is 1. The topological polar surface area (TPSA) is 86.7 Å². The van der Waals surface area contributed by atoms with Gasteiger partial charge in [-0.2, -0.15) is 0 Å². The van der Waals surface area contributed by atoms with Crippen molar-refractivity contribution in [2.24, 2.45) is 0 Å². The van der Waals surface area contributed by atoms with Crippen LogP contribution in [0.1, 0.15) is 24.0 Å². The van der Waals surface area contributed by atoms with E-state index in [9.17, 15) is 14.4 Å². The standard InChI is InChI=1S/C23H28N2O4/c26-21(13-7-12-19-8-3-1-4-9-19)16-25(18-23(28)29)17-22(27)24-15-14-20-10-5-2-6-11-20/h1-6,8-11H,7,12-18H2,(H,24,27)(H,28,29). The molecule has 2 rings (SSSR count). The van der Waals surface area contributed by atoms with Gasteiger partial charge in [0.05, 0.1) is 19.6 Å². The molecule has 29 heavy (non-hydrogen) atoms. The van der Waals surface area contributed by atoms with Crippen LogP contribution >= 0.6 is 0 Å². The van der Waals surface area contributed by atoms with Gasteiger partial charge in [0.2, 0.25) is 5.91 Å². The maximum absolute atomic E-state index is 12.2. The Balaban J connectivity index is 1.72. The second kappa shape index (κ2) is 12.5. The van der Waals surface area contributed by atoms with Gasteiger partial charge < -0.3 is 10.4 Å². The third-order valence-electron chi connectivity index (χ3n) is 4.47. The highest BCUT2D eigenvalue weighted by molar-refractivity contribution is 5.83. The van der Waals surface area contributed by atoms with Gasteiger partial charge in [-0.05, 0) is 30.4 Å². The normalized spacial score (nSPS) is 10.7. The van der Waals surface area contributed by atoms with E-state index in [1.807, 2.05) is 60.7 Å². The zero-order valence-electron chi connectivity index (χ0n) is 16.5. The van der Waals surface area contributed by atoms with Crippen molar-refractivity contribution in [2.75, 3.05) is 26.2 Å². The largest absolute Gasteiger partial charge is 0.480 e. The van der Waals surface area contributed by atoms with Gasteiger partial charge in [0.25, 0.3) is 0 Å². The van der Waals surface area contributed by atoms with Gasteiger partial charge in [0, 0.05) is 13.0 Å². The molecule has 0 aliphatic carbocycles. The van der Waals surface area contributed by atoms with Crippen LogP contribution in [-0.2, 0) is 27.2 Å². The lowest BCUT2D eigenvalue weighted by Crippen LogP contribution is -2.42. The van der Waals surface area contributed by atoms with Crippen LogP contribution in [-0.4, -0.2) is 53.8 Å². The second-order valence-electron chi connectivity index (χ2n) is 7.00. The minimum Gasteiger partial charge on any atom is -0.480 e. The maximum Gasteiger partial charge on any atom is 0.317 e. The van der Waals surface area contributed by atoms with Crippen LogP contribution in [0.25, 0.3) is 0 Å². The summed E-state index contributed by atoms with van der Waals surface area (Å²) < 4.78 is 0. The summed E-state index contributed by atoms with van der Waals surface area (Å²) in [7, 11) is 0. The fraction of sp³-hybridized carbons (Fsp3) is 0.348. The predicted molar refractivity (Wildman–Crippen MR) is 112 cm³/mol. The average Bonchev–Trinajstić information content (AvgIpc) is 2.69. The number of nitrogens with zero attached hydrogens (tertiary/aromatic N) is 1. The molecule has 2 aromatic carbocycles. The summed E-state index contributed by atoms with van der Waals surface area (Å²) in [6, 6.07) is 19.7. The summed E-state index contributed by atoms with van der Waals surface area (Å²) in [4.78, 5) is 36.9. The Hall–Kier alpha value is -2.99. The first-order valence-corrected chi connectivity index (χ1v) is 9.83. The molecule has 6 nitrogen and oxygen atoms in total. The molecule has 2 N–H and O–H groups in total. The Bertz CT molecular complexity index is 718. The molecule has 0 radical (unpaired) electrons. The van der Waals surface area contributed by atoms with Crippen LogP contribution in [0, 0.1) is 0 Å². The van der Waals surface area contributed by atoms with Gasteiger partial charge in [0.15, 0.2) is 0 Å². The van der Waals surface area contributed by atoms with Crippen LogP contribution in [0.2, 0.25) is 0 Å². The van der Waals surface area contributed by atoms with Crippen molar-refractivity contribution in [2.45, 2.75) is 25.7 Å². The molecule has 154 valence electrons. The number of carbonyl (C=O) groups is 3. The lowest BCUT2D eigenvalue weighted by Gasteiger charge is -2.19. The van der Waals surface area contributed by atoms with E-state index in [1.54, 1.807) is 0 Å². The molecule has 0 aliphatic heterocycles. The Morgan fingerprint density at radius 2 is 1.38 bits per heavy atom. The number of nitrogens with one attached hydrogen (secondary N) is 1. The van der Waals surface area contributed by atoms with Gasteiger partial charge >= 0.3 is 5.97 Å². The average molecular weight is 396 g/mol. The highest BCUT2D eigenvalue weighted by Gasteiger charge is 2.17. The lowest BCUT2D eigenvalue weighted by molar-refractivity contribution is -0.139. The number of carbonyl (C=O) groups excluding carboxylic acids is 2. The summed E-state index contributed by atoms with van der Waals surface area (Å²) in [5.74, 6) is -1.39. The van der Waals surface area contributed by atoms with E-state index in [1.165, 1.54) is 10.5 Å². The second-order valence-corrected chi connectivity index (χ2v) is 7.00. The van der Waals surface area contributed by atoms with E-state index < -0.39 is 5.97 Å². The SMILES string of the molecule is O=C(O)CN(CC(=O)CCCc1ccccc1)CC(=O)NCCc1ccccc1. The van der Waals surface area contributed by atoms with Crippen LogP contribution in [0.3, 0.4) is 0 Å². The molecule has 0 saturated heterocycles. The number of Topliss-reactive ketones (excluding diaryl/α,β-unsaturated/α-hetero) is 1. The summed E-state index contributed by atoms with van der Waals surface area (Å²) in [6.07, 6.45) is 2.56. The molecule has 6 heteroatoms. The van der Waals surface area contributed by atoms with Crippen LogP contribution in [0.5, 0.6) is 0 Å². The van der Waals surface area contributed by atoms with Crippen molar-refractivity contribution in [3.63, 3.8) is 0 Å². The summed E-state index contributed by atoms with van der Waals surface area (Å²) in [5, 5.41) is 11.9. The Morgan fingerprint density at radius 1 is 0.793 bits per heavy atom. The molecule has 0 heterocycles. The summed E-state index contributed by atoms with van der Waals surface area (Å²) >= 11 is 0. The first-order valence-electron chi connectivity index (χ1n) is 9.83. The van der Waals surface area contributed by atoms with Crippen molar-refractivity contribution < 1.29 is 19.5 Å². The number of carboxylic acids is 1. The monoisotopic (exact) mass is 396 g/mol. The highest BCUT2D eigenvalue weighted by Crippen LogP contribution is 2.05. The Labute approximate surface area is 171 Å². The lowest BCUT2D eigenvalue weighted by atomic mass is 10.1. The Kier molecular flexibility index (Phi) is 9.59. The van der Waals surface area contributed by atoms with Crippen molar-refractivity contribution >= 4 is 17.7 Å². The number of hydrogen-bond acceptors (Lipinski definition) is 4. The highest BCUT2D eigenvalue weighted by atomic mass is 16.4. The minimum atomic E-state index is -1.06. The van der Waals surface area contributed by atoms with Crippen LogP contribution in [0.15, 0.2) is 60.7 Å². The zero-order chi connectivity index (χ0) is 20.9. The van der Waals surface area contributed by atoms with Crippen molar-refractivity contribution in [3.8, 4) is 0 Å². The van der Waals surface area contributed by atoms with Crippen molar-refractivity contribution in [1.82, 2.24) is 10.2 Å². The number of amides is 1. The van der Waals surface area contributed by atoms with Crippen LogP contribution in [0.4, 0.5) is 0 Å². The molecule has 0 bridgehead atoms. The molecule has 0 spiro atoms. The number of carboxylic acid groups (broad SMARTS) is 1. The Morgan fingerprint density at radius 3 is 1.97 bits per heavy atom. The van der Waals surface area contributed by atoms with E-state index in [0.717, 1.165) is 12.0 Å². The number of rotatable bonds is 13. The van der Waals surface area contributed by atoms with E-state index in [2.05, 4.69) is 5.32 Å². The van der Waals surface area contributed by atoms with E-state index >= 15 is 0 Å². The first-order chi connectivity index (χ1) is 14.0. The summed E-state index contributed by atoms with van der Waals surface area (Å²) in [6.45, 7) is -0.00990. The van der Waals surface area contributed by atoms with Crippen molar-refractivity contribution in [1.29, 1.82) is 0 Å². The molecule has 0 atom stereocenters. The number of hydrogen-bond donors (Lipinski definition) is 2. The minimum absolute atomic E-state index is 0.0345. The quantitative estimate of drug-likeness (QED) is 0.543. The molecular formula is C23H28N2O4. The summed E-state index contributed by atoms with van der Waals surface area (Å²) in [5.41, 5.74) is 2.28. The van der Waals surface area contributed by atoms with Gasteiger partial charge in [-0.25, -0.2) is 0 Å². The molecule has 0 fully saturated rings. The van der Waals surface area contributed by atoms with Gasteiger partial charge in [0.1, 0.15) is 5.78 Å². The van der Waals surface area contributed by atoms with Gasteiger partial charge in [-0.3, -0.25) is 19.3 Å². The van der Waals surface area contributed by atoms with E-state index in [4.69, 9.17) is 5.11 Å². The smallest absolute Gasteiger partial charge is 0.317 e.